The molecule has 2 nitrogen and oxygen atoms in total. The summed E-state index contributed by atoms with van der Waals surface area (Å²) in [4.78, 5) is 0. The van der Waals surface area contributed by atoms with Crippen molar-refractivity contribution in [3.63, 3.8) is 0 Å². The molecule has 0 atom stereocenters. The molecular weight excluding hydrogens is 191 g/mol. The van der Waals surface area contributed by atoms with Crippen LogP contribution in [0.2, 0.25) is 0 Å². The van der Waals surface area contributed by atoms with Gasteiger partial charge in [0.15, 0.2) is 0 Å². The molecule has 1 aromatic heterocycles. The van der Waals surface area contributed by atoms with Crippen molar-refractivity contribution < 1.29 is 4.39 Å². The molecule has 15 heavy (non-hydrogen) atoms. The first kappa shape index (κ1) is 9.47. The Morgan fingerprint density at radius 2 is 2.00 bits per heavy atom. The zero-order valence-corrected chi connectivity index (χ0v) is 8.02. The lowest BCUT2D eigenvalue weighted by Crippen LogP contribution is -1.97. The molecular formula is C12H9FN2. The third-order valence-corrected chi connectivity index (χ3v) is 2.18. The van der Waals surface area contributed by atoms with Gasteiger partial charge in [-0.15, -0.1) is 0 Å². The fourth-order valence-electron chi connectivity index (χ4n) is 1.44. The maximum atomic E-state index is 13.0. The molecule has 0 N–H and O–H groups in total. The largest absolute Gasteiger partial charge is 0.350 e. The minimum Gasteiger partial charge on any atom is -0.350 e. The number of aromatic nitrogens is 1. The van der Waals surface area contributed by atoms with Crippen LogP contribution in [0.5, 0.6) is 0 Å². The van der Waals surface area contributed by atoms with Gasteiger partial charge >= 0.3 is 0 Å². The smallest absolute Gasteiger partial charge is 0.140 e. The fourth-order valence-corrected chi connectivity index (χ4v) is 1.44. The summed E-state index contributed by atoms with van der Waals surface area (Å²) in [5.74, 6) is -0.464. The second-order valence-corrected chi connectivity index (χ2v) is 3.28. The Kier molecular flexibility index (Phi) is 2.51. The summed E-state index contributed by atoms with van der Waals surface area (Å²) in [5.41, 5.74) is 1.02. The maximum absolute atomic E-state index is 13.0. The average molecular weight is 200 g/mol. The molecule has 74 valence electrons. The lowest BCUT2D eigenvalue weighted by molar-refractivity contribution is 0.622. The summed E-state index contributed by atoms with van der Waals surface area (Å²) in [6, 6.07) is 10.3. The molecule has 0 aliphatic rings. The third kappa shape index (κ3) is 2.05. The quantitative estimate of drug-likeness (QED) is 0.732. The monoisotopic (exact) mass is 200 g/mol. The Labute approximate surface area is 87.2 Å². The molecule has 3 heteroatoms. The minimum absolute atomic E-state index is 0.0969. The number of nitriles is 1. The normalized spacial score (nSPS) is 9.87. The number of halogens is 1. The molecule has 1 heterocycles. The molecule has 0 saturated carbocycles. The average Bonchev–Trinajstić information content (AvgIpc) is 2.73. The van der Waals surface area contributed by atoms with Crippen molar-refractivity contribution in [2.75, 3.05) is 0 Å². The van der Waals surface area contributed by atoms with E-state index in [4.69, 9.17) is 5.26 Å². The van der Waals surface area contributed by atoms with Gasteiger partial charge in [0, 0.05) is 18.9 Å². The lowest BCUT2D eigenvalue weighted by Gasteiger charge is -2.03. The molecule has 0 saturated heterocycles. The highest BCUT2D eigenvalue weighted by Gasteiger charge is 2.02. The highest BCUT2D eigenvalue weighted by atomic mass is 19.1. The zero-order valence-electron chi connectivity index (χ0n) is 8.02. The minimum atomic E-state index is -0.464. The highest BCUT2D eigenvalue weighted by Crippen LogP contribution is 2.10. The van der Waals surface area contributed by atoms with E-state index in [-0.39, 0.29) is 5.56 Å². The molecule has 0 fully saturated rings. The van der Waals surface area contributed by atoms with E-state index in [0.29, 0.717) is 6.54 Å². The van der Waals surface area contributed by atoms with Crippen LogP contribution in [-0.2, 0) is 6.54 Å². The Balaban J connectivity index is 2.27. The molecule has 0 spiro atoms. The van der Waals surface area contributed by atoms with E-state index in [1.807, 2.05) is 35.2 Å². The van der Waals surface area contributed by atoms with E-state index < -0.39 is 5.82 Å². The van der Waals surface area contributed by atoms with E-state index in [2.05, 4.69) is 0 Å². The molecule has 2 rings (SSSR count). The summed E-state index contributed by atoms with van der Waals surface area (Å²) < 4.78 is 15.0. The van der Waals surface area contributed by atoms with Crippen molar-refractivity contribution in [2.45, 2.75) is 6.54 Å². The van der Waals surface area contributed by atoms with Crippen LogP contribution in [-0.4, -0.2) is 4.57 Å². The SMILES string of the molecule is N#Cc1cc(Cn2cccc2)ccc1F. The van der Waals surface area contributed by atoms with E-state index in [9.17, 15) is 4.39 Å². The second-order valence-electron chi connectivity index (χ2n) is 3.28. The van der Waals surface area contributed by atoms with Gasteiger partial charge in [0.2, 0.25) is 0 Å². The van der Waals surface area contributed by atoms with Crippen LogP contribution < -0.4 is 0 Å². The first-order valence-corrected chi connectivity index (χ1v) is 4.59. The van der Waals surface area contributed by atoms with Gasteiger partial charge in [-0.1, -0.05) is 6.07 Å². The number of benzene rings is 1. The van der Waals surface area contributed by atoms with Gasteiger partial charge < -0.3 is 4.57 Å². The molecule has 1 aromatic carbocycles. The van der Waals surface area contributed by atoms with Crippen molar-refractivity contribution in [2.24, 2.45) is 0 Å². The topological polar surface area (TPSA) is 28.7 Å². The summed E-state index contributed by atoms with van der Waals surface area (Å²) >= 11 is 0. The number of hydrogen-bond donors (Lipinski definition) is 0. The van der Waals surface area contributed by atoms with Crippen LogP contribution in [0.4, 0.5) is 4.39 Å². The van der Waals surface area contributed by atoms with E-state index in [1.165, 1.54) is 6.07 Å². The van der Waals surface area contributed by atoms with Gasteiger partial charge in [0.25, 0.3) is 0 Å². The molecule has 0 radical (unpaired) electrons. The van der Waals surface area contributed by atoms with Gasteiger partial charge in [0.05, 0.1) is 5.56 Å². The van der Waals surface area contributed by atoms with Crippen LogP contribution in [0, 0.1) is 17.1 Å². The van der Waals surface area contributed by atoms with Crippen molar-refractivity contribution in [3.8, 4) is 6.07 Å². The lowest BCUT2D eigenvalue weighted by atomic mass is 10.1. The number of hydrogen-bond acceptors (Lipinski definition) is 1. The maximum Gasteiger partial charge on any atom is 0.140 e. The van der Waals surface area contributed by atoms with Crippen LogP contribution in [0.25, 0.3) is 0 Å². The Morgan fingerprint density at radius 1 is 1.27 bits per heavy atom. The second kappa shape index (κ2) is 3.97. The van der Waals surface area contributed by atoms with Gasteiger partial charge in [-0.05, 0) is 29.8 Å². The van der Waals surface area contributed by atoms with Crippen molar-refractivity contribution in [1.82, 2.24) is 4.57 Å². The van der Waals surface area contributed by atoms with Crippen molar-refractivity contribution >= 4 is 0 Å². The van der Waals surface area contributed by atoms with Crippen LogP contribution >= 0.6 is 0 Å². The van der Waals surface area contributed by atoms with E-state index >= 15 is 0 Å². The first-order chi connectivity index (χ1) is 7.29. The Hall–Kier alpha value is -2.08. The molecule has 0 unspecified atom stereocenters. The number of nitrogens with zero attached hydrogens (tertiary/aromatic N) is 2. The summed E-state index contributed by atoms with van der Waals surface area (Å²) in [5, 5.41) is 8.67. The zero-order chi connectivity index (χ0) is 10.7. The summed E-state index contributed by atoms with van der Waals surface area (Å²) in [7, 11) is 0. The standard InChI is InChI=1S/C12H9FN2/c13-12-4-3-10(7-11(12)8-14)9-15-5-1-2-6-15/h1-7H,9H2. The predicted octanol–water partition coefficient (Wildman–Crippen LogP) is 2.55. The van der Waals surface area contributed by atoms with E-state index in [1.54, 1.807) is 12.1 Å². The van der Waals surface area contributed by atoms with Crippen molar-refractivity contribution in [3.05, 3.63) is 59.7 Å². The van der Waals surface area contributed by atoms with Crippen molar-refractivity contribution in [1.29, 1.82) is 5.26 Å². The summed E-state index contributed by atoms with van der Waals surface area (Å²) in [6.07, 6.45) is 3.85. The molecule has 2 aromatic rings. The van der Waals surface area contributed by atoms with Gasteiger partial charge in [-0.2, -0.15) is 5.26 Å². The summed E-state index contributed by atoms with van der Waals surface area (Å²) in [6.45, 7) is 0.655. The van der Waals surface area contributed by atoms with Gasteiger partial charge in [-0.3, -0.25) is 0 Å². The third-order valence-electron chi connectivity index (χ3n) is 2.18. The Morgan fingerprint density at radius 3 is 2.67 bits per heavy atom. The number of rotatable bonds is 2. The molecule has 0 aliphatic heterocycles. The molecule has 0 bridgehead atoms. The van der Waals surface area contributed by atoms with Crippen LogP contribution in [0.1, 0.15) is 11.1 Å². The molecule has 0 amide bonds. The van der Waals surface area contributed by atoms with Crippen LogP contribution in [0.15, 0.2) is 42.7 Å². The fraction of sp³-hybridized carbons (Fsp3) is 0.0833. The predicted molar refractivity (Wildman–Crippen MR) is 54.6 cm³/mol. The first-order valence-electron chi connectivity index (χ1n) is 4.59. The van der Waals surface area contributed by atoms with Crippen LogP contribution in [0.3, 0.4) is 0 Å². The van der Waals surface area contributed by atoms with Gasteiger partial charge in [-0.25, -0.2) is 4.39 Å². The molecule has 0 aliphatic carbocycles. The van der Waals surface area contributed by atoms with Gasteiger partial charge in [0.1, 0.15) is 11.9 Å². The Bertz CT molecular complexity index is 495. The highest BCUT2D eigenvalue weighted by molar-refractivity contribution is 5.34. The van der Waals surface area contributed by atoms with E-state index in [0.717, 1.165) is 5.56 Å².